The maximum absolute atomic E-state index is 13.6. The number of aliphatic hydroxyl groups is 6. The number of hydrogen-bond donors (Lipinski definition) is 16. The number of anilines is 3. The molecule has 0 fully saturated rings. The average Bonchev–Trinajstić information content (AvgIpc) is 1.67. The number of methoxy groups -OCH3 is 3. The smallest absolute Gasteiger partial charge is 0.272 e. The number of carbonyl (C=O) groups is 4. The van der Waals surface area contributed by atoms with Crippen molar-refractivity contribution in [3.8, 4) is 0 Å². The molecule has 3 rings (SSSR count). The predicted octanol–water partition coefficient (Wildman–Crippen LogP) is 0.0684. The van der Waals surface area contributed by atoms with E-state index in [0.29, 0.717) is 57.8 Å². The van der Waals surface area contributed by atoms with Gasteiger partial charge in [0.25, 0.3) is 33.4 Å². The Morgan fingerprint density at radius 3 is 1.19 bits per heavy atom. The van der Waals surface area contributed by atoms with Crippen LogP contribution >= 0.6 is 37.7 Å². The number of rotatable bonds is 78. The maximum atomic E-state index is 13.6. The average molecular weight is 1900 g/mol. The monoisotopic (exact) mass is 1900 g/mol. The van der Waals surface area contributed by atoms with Gasteiger partial charge in [-0.3, -0.25) is 48.8 Å². The Morgan fingerprint density at radius 2 is 0.774 bits per heavy atom. The molecule has 0 aromatic carbocycles. The number of aromatic nitrogens is 3. The number of ether oxygens (including phenoxy) is 7. The van der Waals surface area contributed by atoms with Crippen LogP contribution in [-0.4, -0.2) is 304 Å². The standard InChI is InChI=1S/C40H67N9O16P2.C13H30NO8P.C11H27N2O6P.C7H18NO4PS/c1-46(2)14-10-11-37(51)43-31-21-35(48(24-31)29-60-4)39(53)45-33-23-36(49(26-33)30-61-5)40(54)44-32-22-34(47(25-32)28-59-3)38(52)42-13-16-62-17-18-63-67(57,58)64-19-20-66(55,56)65-27-41-12-8-6-7-9-15-50;15-6-4-2-1-3-5-14-13-22-23(17,18)21-12-11-20-10-9-19-8-7-16;14-6-4-2-1-3-5-12-11-13-20(16,17)19-10-9-18-8-7-15;9-6-4-2-1-3-5-8-7-12-13(10,11)14/h21-26,41,50H,6-20,27-30H2,1-5H3,(H,42,52)(H,43,51)(H,44,54)(H,45,53)(H,55,56)(H,57,58);14-16H,1-13H2,(H,17,18);12,14-15H,1-11H2,(H2,13,16,17);8-9H,1-7H2,(H2,10,11,14)/p-5. The number of hydrogen-bond acceptors (Lipinski definition) is 39. The van der Waals surface area contributed by atoms with Crippen molar-refractivity contribution in [3.63, 3.8) is 0 Å². The van der Waals surface area contributed by atoms with Crippen LogP contribution in [0, 0.1) is 0 Å². The summed E-state index contributed by atoms with van der Waals surface area (Å²) in [6.07, 6.45) is 19.2. The summed E-state index contributed by atoms with van der Waals surface area (Å²) in [5.41, 5.74) is 1.36. The maximum Gasteiger partial charge on any atom is 0.272 e. The molecule has 3 aromatic rings. The van der Waals surface area contributed by atoms with Crippen LogP contribution < -0.4 is 72.1 Å². The molecule has 3 heterocycles. The number of phosphoric ester groups is 2. The van der Waals surface area contributed by atoms with E-state index in [1.807, 2.05) is 19.0 Å². The van der Waals surface area contributed by atoms with Crippen molar-refractivity contribution in [2.24, 2.45) is 0 Å². The van der Waals surface area contributed by atoms with Crippen LogP contribution in [0.2, 0.25) is 0 Å². The van der Waals surface area contributed by atoms with Gasteiger partial charge >= 0.3 is 0 Å². The van der Waals surface area contributed by atoms with Gasteiger partial charge < -0.3 is 175 Å². The molecule has 0 saturated heterocycles. The predicted molar refractivity (Wildman–Crippen MR) is 452 cm³/mol. The molecule has 47 nitrogen and oxygen atoms in total. The first-order valence-corrected chi connectivity index (χ1v) is 49.4. The molecule has 16 N–H and O–H groups in total. The lowest BCUT2D eigenvalue weighted by atomic mass is 10.2. The lowest BCUT2D eigenvalue weighted by Crippen LogP contribution is -2.32. The number of aliphatic hydroxyl groups excluding tert-OH is 6. The Bertz CT molecular complexity index is 3420. The first kappa shape index (κ1) is 120. The van der Waals surface area contributed by atoms with Crippen LogP contribution in [0.3, 0.4) is 0 Å². The lowest BCUT2D eigenvalue weighted by molar-refractivity contribution is -0.228. The van der Waals surface area contributed by atoms with Gasteiger partial charge in [0.2, 0.25) is 13.7 Å². The molecule has 4 amide bonds. The van der Waals surface area contributed by atoms with Gasteiger partial charge in [0.1, 0.15) is 71.8 Å². The molecule has 0 radical (unpaired) electrons. The molecule has 0 spiro atoms. The largest absolute Gasteiger partial charge is 0.780 e. The summed E-state index contributed by atoms with van der Waals surface area (Å²) < 4.78 is 120. The van der Waals surface area contributed by atoms with Gasteiger partial charge in [-0.15, -0.1) is 0 Å². The van der Waals surface area contributed by atoms with Crippen molar-refractivity contribution in [2.75, 3.05) is 243 Å². The Kier molecular flexibility index (Phi) is 74.2. The summed E-state index contributed by atoms with van der Waals surface area (Å²) in [7, 11) is -9.40. The summed E-state index contributed by atoms with van der Waals surface area (Å²) in [5, 5.41) is 76.1. The van der Waals surface area contributed by atoms with E-state index in [0.717, 1.165) is 109 Å². The zero-order chi connectivity index (χ0) is 92.4. The van der Waals surface area contributed by atoms with Crippen LogP contribution in [0.25, 0.3) is 0 Å². The minimum Gasteiger partial charge on any atom is -0.780 e. The van der Waals surface area contributed by atoms with E-state index in [-0.39, 0.29) is 180 Å². The molecule has 726 valence electrons. The molecule has 124 heavy (non-hydrogen) atoms. The fraction of sp³-hybridized carbons (Fsp3) is 0.775. The molecule has 5 atom stereocenters. The summed E-state index contributed by atoms with van der Waals surface area (Å²) in [6.45, 7) is -0.413. The number of unbranched alkanes of at least 4 members (excludes halogenated alkanes) is 12. The molecule has 0 bridgehead atoms. The highest BCUT2D eigenvalue weighted by Crippen LogP contribution is 2.42. The zero-order valence-corrected chi connectivity index (χ0v) is 77.2. The summed E-state index contributed by atoms with van der Waals surface area (Å²) in [4.78, 5) is 121. The van der Waals surface area contributed by atoms with Crippen molar-refractivity contribution in [1.82, 2.24) is 50.3 Å². The number of amides is 4. The van der Waals surface area contributed by atoms with Gasteiger partial charge in [-0.05, 0) is 123 Å². The van der Waals surface area contributed by atoms with Crippen LogP contribution in [0.4, 0.5) is 17.1 Å². The van der Waals surface area contributed by atoms with Crippen molar-refractivity contribution in [2.45, 2.75) is 136 Å². The topological polar surface area (TPSA) is 649 Å². The number of phosphoric acid groups is 2. The Morgan fingerprint density at radius 1 is 0.411 bits per heavy atom. The molecule has 3 aromatic heterocycles. The molecule has 0 aliphatic rings. The van der Waals surface area contributed by atoms with Crippen LogP contribution in [0.5, 0.6) is 0 Å². The Balaban J connectivity index is 0.00000213. The molecule has 0 aliphatic heterocycles. The fourth-order valence-corrected chi connectivity index (χ4v) is 13.3. The molecule has 5 unspecified atom stereocenters. The summed E-state index contributed by atoms with van der Waals surface area (Å²) in [5.74, 6) is -1.87. The van der Waals surface area contributed by atoms with Gasteiger partial charge in [0.05, 0.1) is 116 Å². The highest BCUT2D eigenvalue weighted by atomic mass is 32.5. The van der Waals surface area contributed by atoms with E-state index >= 15 is 0 Å². The van der Waals surface area contributed by atoms with Gasteiger partial charge in [0.15, 0.2) is 0 Å². The van der Waals surface area contributed by atoms with Gasteiger partial charge in [-0.25, -0.2) is 5.09 Å². The van der Waals surface area contributed by atoms with Crippen LogP contribution in [-0.2, 0) is 120 Å². The number of carbonyl (C=O) groups excluding carboxylic acids is 4. The zero-order valence-electron chi connectivity index (χ0n) is 71.9. The van der Waals surface area contributed by atoms with Crippen molar-refractivity contribution in [3.05, 3.63) is 53.9 Å². The third-order valence-corrected chi connectivity index (χ3v) is 20.9. The third kappa shape index (κ3) is 69.0. The fourth-order valence-electron chi connectivity index (χ4n) is 9.99. The number of nitrogens with one attached hydrogen (secondary N) is 9. The van der Waals surface area contributed by atoms with Gasteiger partial charge in [0, 0.05) is 85.5 Å². The van der Waals surface area contributed by atoms with E-state index < -0.39 is 74.8 Å². The Hall–Kier alpha value is -3.99. The highest BCUT2D eigenvalue weighted by Gasteiger charge is 2.23. The number of nitrogens with zero attached hydrogens (tertiary/aromatic N) is 4. The molecular formula is C71H137N13O34P5S-5. The second-order valence-corrected chi connectivity index (χ2v) is 35.7. The summed E-state index contributed by atoms with van der Waals surface area (Å²) >= 11 is 4.14. The van der Waals surface area contributed by atoms with Crippen LogP contribution in [0.1, 0.15) is 147 Å². The van der Waals surface area contributed by atoms with E-state index in [4.69, 9.17) is 77.7 Å². The quantitative estimate of drug-likeness (QED) is 0.0202. The van der Waals surface area contributed by atoms with Crippen molar-refractivity contribution in [1.29, 1.82) is 0 Å². The van der Waals surface area contributed by atoms with E-state index in [9.17, 15) is 61.9 Å². The Labute approximate surface area is 731 Å². The first-order chi connectivity index (χ1) is 59.3. The van der Waals surface area contributed by atoms with Gasteiger partial charge in [-0.1, -0.05) is 63.2 Å². The van der Waals surface area contributed by atoms with Crippen LogP contribution in [0.15, 0.2) is 36.8 Å². The highest BCUT2D eigenvalue weighted by molar-refractivity contribution is 8.06. The lowest BCUT2D eigenvalue weighted by Gasteiger charge is -2.26. The van der Waals surface area contributed by atoms with E-state index in [2.05, 4.69) is 82.0 Å². The first-order valence-electron chi connectivity index (χ1n) is 40.6. The normalized spacial score (nSPS) is 13.9. The van der Waals surface area contributed by atoms with E-state index in [1.165, 1.54) is 65.6 Å². The molecular weight excluding hydrogens is 1770 g/mol. The van der Waals surface area contributed by atoms with Crippen molar-refractivity contribution >= 4 is 90.2 Å². The van der Waals surface area contributed by atoms with Crippen molar-refractivity contribution < 1.29 is 162 Å². The SMILES string of the molecule is COCn1cc(NC(=O)c2cc(NC(=O)c3cc(NC(=O)CCCN(C)C)cn3COC)cn2COC)cc1C(=O)NCCOCCOP(=O)([O-])OCCP(=O)([O-])OCNCCCCCCO.O=P([O-])(NCNCCCCCCO)OCCOCCO.O=P([O-])(OCCOCCOCCO)OCNCCCCCCO.[O-]P(O)(=S)OCNCCCCCCO. The minimum absolute atomic E-state index is 0.00378. The molecule has 53 heteroatoms. The second-order valence-electron chi connectivity index (χ2n) is 26.8. The summed E-state index contributed by atoms with van der Waals surface area (Å²) in [6, 6.07) is 4.41. The second kappa shape index (κ2) is 76.7. The molecule has 0 saturated carbocycles. The van der Waals surface area contributed by atoms with E-state index in [1.54, 1.807) is 6.20 Å². The molecule has 0 aliphatic carbocycles. The van der Waals surface area contributed by atoms with Gasteiger partial charge in [-0.2, -0.15) is 0 Å². The minimum atomic E-state index is -4.85. The third-order valence-electron chi connectivity index (χ3n) is 15.9.